The summed E-state index contributed by atoms with van der Waals surface area (Å²) in [5.41, 5.74) is 0.848. The molecular weight excluding hydrogens is 190 g/mol. The van der Waals surface area contributed by atoms with Gasteiger partial charge in [-0.15, -0.1) is 0 Å². The third-order valence-electron chi connectivity index (χ3n) is 2.12. The van der Waals surface area contributed by atoms with Crippen molar-refractivity contribution in [1.82, 2.24) is 0 Å². The molecule has 1 N–H and O–H groups in total. The molecule has 3 heteroatoms. The first-order valence-corrected chi connectivity index (χ1v) is 5.01. The minimum absolute atomic E-state index is 0.0227. The summed E-state index contributed by atoms with van der Waals surface area (Å²) >= 11 is 0. The second-order valence-electron chi connectivity index (χ2n) is 3.94. The van der Waals surface area contributed by atoms with Gasteiger partial charge >= 0.3 is 5.97 Å². The van der Waals surface area contributed by atoms with Crippen molar-refractivity contribution in [2.75, 3.05) is 0 Å². The first-order chi connectivity index (χ1) is 7.01. The molecule has 0 aliphatic heterocycles. The van der Waals surface area contributed by atoms with Crippen LogP contribution in [0.2, 0.25) is 0 Å². The molecule has 0 aromatic heterocycles. The van der Waals surface area contributed by atoms with Gasteiger partial charge in [0.15, 0.2) is 0 Å². The Labute approximate surface area is 91.2 Å². The molecule has 1 unspecified atom stereocenters. The maximum atomic E-state index is 10.7. The third-order valence-corrected chi connectivity index (χ3v) is 2.12. The monoisotopic (exact) mass is 209 g/mol. The fourth-order valence-electron chi connectivity index (χ4n) is 1.55. The van der Waals surface area contributed by atoms with Crippen LogP contribution in [0, 0.1) is 11.8 Å². The number of carbonyl (C=O) groups is 1. The van der Waals surface area contributed by atoms with Gasteiger partial charge in [-0.25, -0.2) is 0 Å². The summed E-state index contributed by atoms with van der Waals surface area (Å²) in [6.45, 7) is 11.2. The van der Waals surface area contributed by atoms with Crippen molar-refractivity contribution < 1.29 is 9.90 Å². The van der Waals surface area contributed by atoms with Gasteiger partial charge in [0.2, 0.25) is 0 Å². The van der Waals surface area contributed by atoms with Crippen molar-refractivity contribution in [2.45, 2.75) is 26.7 Å². The van der Waals surface area contributed by atoms with Crippen molar-refractivity contribution in [1.29, 1.82) is 0 Å². The molecule has 0 saturated carbocycles. The molecule has 0 bridgehead atoms. The summed E-state index contributed by atoms with van der Waals surface area (Å²) in [5, 5.41) is 8.80. The van der Waals surface area contributed by atoms with Crippen LogP contribution in [-0.4, -0.2) is 17.8 Å². The number of aliphatic carboxylic acids is 1. The zero-order valence-electron chi connectivity index (χ0n) is 9.44. The minimum Gasteiger partial charge on any atom is -0.481 e. The highest BCUT2D eigenvalue weighted by molar-refractivity contribution is 5.67. The van der Waals surface area contributed by atoms with Gasteiger partial charge in [0.1, 0.15) is 0 Å². The van der Waals surface area contributed by atoms with E-state index in [-0.39, 0.29) is 12.3 Å². The van der Waals surface area contributed by atoms with E-state index in [2.05, 4.69) is 32.1 Å². The summed E-state index contributed by atoms with van der Waals surface area (Å²) in [5.74, 6) is -0.370. The summed E-state index contributed by atoms with van der Waals surface area (Å²) in [4.78, 5) is 14.4. The van der Waals surface area contributed by atoms with Gasteiger partial charge in [-0.1, -0.05) is 26.5 Å². The Kier molecular flexibility index (Phi) is 6.34. The molecule has 0 aromatic carbocycles. The highest BCUT2D eigenvalue weighted by Gasteiger charge is 2.17. The number of carboxylic acid groups (broad SMARTS) is 1. The van der Waals surface area contributed by atoms with Crippen LogP contribution in [0.5, 0.6) is 0 Å². The standard InChI is InChI=1S/C12H19NO2/c1-5-10(8-13-4)11(6-9(2)3)7-12(14)15/h5,8-9,11H,1,4,6-7H2,2-3H3,(H,14,15)/b10-8+. The van der Waals surface area contributed by atoms with Crippen molar-refractivity contribution >= 4 is 12.7 Å². The van der Waals surface area contributed by atoms with Crippen LogP contribution in [0.25, 0.3) is 0 Å². The molecule has 0 heterocycles. The number of hydrogen-bond acceptors (Lipinski definition) is 2. The van der Waals surface area contributed by atoms with Crippen molar-refractivity contribution in [3.8, 4) is 0 Å². The van der Waals surface area contributed by atoms with Crippen LogP contribution in [0.4, 0.5) is 0 Å². The topological polar surface area (TPSA) is 49.7 Å². The Morgan fingerprint density at radius 2 is 2.13 bits per heavy atom. The quantitative estimate of drug-likeness (QED) is 0.517. The average Bonchev–Trinajstić information content (AvgIpc) is 2.11. The molecule has 0 aliphatic rings. The molecule has 0 aliphatic carbocycles. The number of aliphatic imine (C=N–C) groups is 1. The maximum absolute atomic E-state index is 10.7. The lowest BCUT2D eigenvalue weighted by Gasteiger charge is -2.17. The SMILES string of the molecule is C=C/C(=C\N=C)C(CC(=O)O)CC(C)C. The molecule has 15 heavy (non-hydrogen) atoms. The largest absolute Gasteiger partial charge is 0.481 e. The lowest BCUT2D eigenvalue weighted by atomic mass is 9.88. The van der Waals surface area contributed by atoms with E-state index in [0.29, 0.717) is 5.92 Å². The summed E-state index contributed by atoms with van der Waals surface area (Å²) < 4.78 is 0. The second-order valence-corrected chi connectivity index (χ2v) is 3.94. The molecule has 0 saturated heterocycles. The third kappa shape index (κ3) is 5.83. The Morgan fingerprint density at radius 3 is 2.47 bits per heavy atom. The smallest absolute Gasteiger partial charge is 0.303 e. The van der Waals surface area contributed by atoms with Crippen LogP contribution in [0.1, 0.15) is 26.7 Å². The average molecular weight is 209 g/mol. The lowest BCUT2D eigenvalue weighted by Crippen LogP contribution is -2.12. The molecule has 0 spiro atoms. The molecule has 0 radical (unpaired) electrons. The van der Waals surface area contributed by atoms with E-state index < -0.39 is 5.97 Å². The molecule has 0 aromatic rings. The Bertz CT molecular complexity index is 267. The van der Waals surface area contributed by atoms with Crippen LogP contribution in [-0.2, 0) is 4.79 Å². The van der Waals surface area contributed by atoms with Gasteiger partial charge in [-0.2, -0.15) is 0 Å². The van der Waals surface area contributed by atoms with E-state index >= 15 is 0 Å². The molecular formula is C12H19NO2. The van der Waals surface area contributed by atoms with Crippen molar-refractivity contribution in [3.05, 3.63) is 24.4 Å². The zero-order chi connectivity index (χ0) is 11.8. The molecule has 84 valence electrons. The van der Waals surface area contributed by atoms with Crippen LogP contribution in [0.3, 0.4) is 0 Å². The maximum Gasteiger partial charge on any atom is 0.303 e. The molecule has 3 nitrogen and oxygen atoms in total. The molecule has 0 amide bonds. The highest BCUT2D eigenvalue weighted by atomic mass is 16.4. The minimum atomic E-state index is -0.794. The summed E-state index contributed by atoms with van der Waals surface area (Å²) in [6, 6.07) is 0. The van der Waals surface area contributed by atoms with Gasteiger partial charge in [0, 0.05) is 6.20 Å². The number of hydrogen-bond donors (Lipinski definition) is 1. The van der Waals surface area contributed by atoms with Crippen molar-refractivity contribution in [3.63, 3.8) is 0 Å². The van der Waals surface area contributed by atoms with Gasteiger partial charge in [0.05, 0.1) is 6.42 Å². The summed E-state index contributed by atoms with van der Waals surface area (Å²) in [7, 11) is 0. The fraction of sp³-hybridized carbons (Fsp3) is 0.500. The molecule has 1 atom stereocenters. The Morgan fingerprint density at radius 1 is 1.53 bits per heavy atom. The van der Waals surface area contributed by atoms with Crippen LogP contribution in [0.15, 0.2) is 29.4 Å². The van der Waals surface area contributed by atoms with Crippen molar-refractivity contribution in [2.24, 2.45) is 16.8 Å². The number of nitrogens with zero attached hydrogens (tertiary/aromatic N) is 1. The Hall–Kier alpha value is -1.38. The van der Waals surface area contributed by atoms with Gasteiger partial charge < -0.3 is 5.11 Å². The van der Waals surface area contributed by atoms with Crippen LogP contribution >= 0.6 is 0 Å². The first kappa shape index (κ1) is 13.6. The van der Waals surface area contributed by atoms with Crippen LogP contribution < -0.4 is 0 Å². The number of allylic oxidation sites excluding steroid dienone is 2. The van der Waals surface area contributed by atoms with E-state index in [1.807, 2.05) is 0 Å². The van der Waals surface area contributed by atoms with E-state index in [0.717, 1.165) is 12.0 Å². The van der Waals surface area contributed by atoms with E-state index in [9.17, 15) is 4.79 Å². The van der Waals surface area contributed by atoms with Gasteiger partial charge in [-0.05, 0) is 30.5 Å². The second kappa shape index (κ2) is 6.98. The van der Waals surface area contributed by atoms with E-state index in [4.69, 9.17) is 5.11 Å². The first-order valence-electron chi connectivity index (χ1n) is 5.01. The predicted octanol–water partition coefficient (Wildman–Crippen LogP) is 2.89. The molecule has 0 fully saturated rings. The zero-order valence-corrected chi connectivity index (χ0v) is 9.44. The predicted molar refractivity (Wildman–Crippen MR) is 63.0 cm³/mol. The summed E-state index contributed by atoms with van der Waals surface area (Å²) in [6.07, 6.45) is 4.18. The molecule has 0 rings (SSSR count). The number of carboxylic acids is 1. The van der Waals surface area contributed by atoms with Gasteiger partial charge in [-0.3, -0.25) is 9.79 Å². The highest BCUT2D eigenvalue weighted by Crippen LogP contribution is 2.24. The fourth-order valence-corrected chi connectivity index (χ4v) is 1.55. The normalized spacial score (nSPS) is 13.7. The number of rotatable bonds is 7. The van der Waals surface area contributed by atoms with E-state index in [1.165, 1.54) is 0 Å². The van der Waals surface area contributed by atoms with E-state index in [1.54, 1.807) is 12.3 Å². The van der Waals surface area contributed by atoms with Gasteiger partial charge in [0.25, 0.3) is 0 Å². The Balaban J connectivity index is 4.72. The lowest BCUT2D eigenvalue weighted by molar-refractivity contribution is -0.137.